The summed E-state index contributed by atoms with van der Waals surface area (Å²) in [4.78, 5) is 29.6. The second kappa shape index (κ2) is 6.45. The highest BCUT2D eigenvalue weighted by molar-refractivity contribution is 7.17. The molecule has 0 atom stereocenters. The Morgan fingerprint density at radius 1 is 1.25 bits per heavy atom. The molecule has 0 spiro atoms. The molecular weight excluding hydrogens is 328 g/mol. The summed E-state index contributed by atoms with van der Waals surface area (Å²) in [6.07, 6.45) is 0. The molecule has 0 aliphatic heterocycles. The summed E-state index contributed by atoms with van der Waals surface area (Å²) < 4.78 is 11.2. The van der Waals surface area contributed by atoms with E-state index in [9.17, 15) is 9.59 Å². The van der Waals surface area contributed by atoms with Crippen LogP contribution in [0.2, 0.25) is 0 Å². The Morgan fingerprint density at radius 2 is 1.96 bits per heavy atom. The van der Waals surface area contributed by atoms with Gasteiger partial charge in [0, 0.05) is 10.9 Å². The lowest BCUT2D eigenvalue weighted by atomic mass is 10.1. The molecule has 0 radical (unpaired) electrons. The van der Waals surface area contributed by atoms with Crippen molar-refractivity contribution in [2.75, 3.05) is 14.2 Å². The van der Waals surface area contributed by atoms with E-state index in [1.807, 2.05) is 29.6 Å². The topological polar surface area (TPSA) is 70.4 Å². The zero-order valence-electron chi connectivity index (χ0n) is 13.5. The summed E-state index contributed by atoms with van der Waals surface area (Å²) in [5.74, 6) is 0.749. The van der Waals surface area contributed by atoms with Crippen LogP contribution >= 0.6 is 11.3 Å². The van der Waals surface area contributed by atoms with Gasteiger partial charge in [0.1, 0.15) is 22.9 Å². The van der Waals surface area contributed by atoms with E-state index in [0.29, 0.717) is 16.0 Å². The van der Waals surface area contributed by atoms with E-state index < -0.39 is 5.97 Å². The van der Waals surface area contributed by atoms with Crippen molar-refractivity contribution in [1.82, 2.24) is 9.55 Å². The Morgan fingerprint density at radius 3 is 2.58 bits per heavy atom. The SMILES string of the molecule is COC(=O)Cn1c(C)nc2scc(-c3ccc(OC)cc3)c2c1=O. The Hall–Kier alpha value is -2.67. The largest absolute Gasteiger partial charge is 0.497 e. The van der Waals surface area contributed by atoms with Crippen LogP contribution in [0.4, 0.5) is 0 Å². The van der Waals surface area contributed by atoms with E-state index in [-0.39, 0.29) is 12.1 Å². The number of thiophene rings is 1. The van der Waals surface area contributed by atoms with Crippen molar-refractivity contribution in [2.45, 2.75) is 13.5 Å². The number of aryl methyl sites for hydroxylation is 1. The minimum atomic E-state index is -0.484. The first-order valence-corrected chi connectivity index (χ1v) is 8.13. The maximum Gasteiger partial charge on any atom is 0.325 e. The molecule has 7 heteroatoms. The van der Waals surface area contributed by atoms with E-state index >= 15 is 0 Å². The van der Waals surface area contributed by atoms with Gasteiger partial charge in [0.05, 0.1) is 19.6 Å². The van der Waals surface area contributed by atoms with Gasteiger partial charge in [-0.2, -0.15) is 0 Å². The highest BCUT2D eigenvalue weighted by atomic mass is 32.1. The summed E-state index contributed by atoms with van der Waals surface area (Å²) in [6.45, 7) is 1.55. The van der Waals surface area contributed by atoms with Crippen molar-refractivity contribution < 1.29 is 14.3 Å². The van der Waals surface area contributed by atoms with Gasteiger partial charge in [0.2, 0.25) is 0 Å². The lowest BCUT2D eigenvalue weighted by Gasteiger charge is -2.09. The number of methoxy groups -OCH3 is 2. The summed E-state index contributed by atoms with van der Waals surface area (Å²) in [6, 6.07) is 7.47. The number of esters is 1. The van der Waals surface area contributed by atoms with Crippen LogP contribution in [-0.2, 0) is 16.1 Å². The molecule has 6 nitrogen and oxygen atoms in total. The van der Waals surface area contributed by atoms with Crippen molar-refractivity contribution in [1.29, 1.82) is 0 Å². The molecule has 0 fully saturated rings. The molecule has 24 heavy (non-hydrogen) atoms. The van der Waals surface area contributed by atoms with Crippen molar-refractivity contribution in [3.05, 3.63) is 45.8 Å². The van der Waals surface area contributed by atoms with E-state index in [4.69, 9.17) is 4.74 Å². The van der Waals surface area contributed by atoms with Crippen LogP contribution in [-0.4, -0.2) is 29.7 Å². The number of rotatable bonds is 4. The number of ether oxygens (including phenoxy) is 2. The summed E-state index contributed by atoms with van der Waals surface area (Å²) >= 11 is 1.41. The van der Waals surface area contributed by atoms with Gasteiger partial charge in [-0.3, -0.25) is 14.2 Å². The molecule has 2 heterocycles. The van der Waals surface area contributed by atoms with Gasteiger partial charge in [0.25, 0.3) is 5.56 Å². The van der Waals surface area contributed by atoms with Gasteiger partial charge in [-0.1, -0.05) is 12.1 Å². The number of nitrogens with zero attached hydrogens (tertiary/aromatic N) is 2. The molecule has 1 aromatic carbocycles. The number of benzene rings is 1. The van der Waals surface area contributed by atoms with Crippen molar-refractivity contribution >= 4 is 27.5 Å². The lowest BCUT2D eigenvalue weighted by Crippen LogP contribution is -2.27. The predicted octanol–water partition coefficient (Wildman–Crippen LogP) is 2.62. The van der Waals surface area contributed by atoms with Gasteiger partial charge >= 0.3 is 5.97 Å². The minimum absolute atomic E-state index is 0.151. The molecule has 0 amide bonds. The third-order valence-electron chi connectivity index (χ3n) is 3.80. The molecule has 0 saturated carbocycles. The van der Waals surface area contributed by atoms with Crippen LogP contribution in [0.1, 0.15) is 5.82 Å². The third kappa shape index (κ3) is 2.78. The van der Waals surface area contributed by atoms with E-state index in [2.05, 4.69) is 9.72 Å². The predicted molar refractivity (Wildman–Crippen MR) is 92.6 cm³/mol. The fourth-order valence-electron chi connectivity index (χ4n) is 2.49. The molecule has 3 rings (SSSR count). The highest BCUT2D eigenvalue weighted by Crippen LogP contribution is 2.31. The second-order valence-electron chi connectivity index (χ2n) is 5.18. The van der Waals surface area contributed by atoms with Crippen LogP contribution in [0.3, 0.4) is 0 Å². The van der Waals surface area contributed by atoms with Crippen LogP contribution < -0.4 is 10.3 Å². The Bertz CT molecular complexity index is 957. The van der Waals surface area contributed by atoms with Crippen LogP contribution in [0.25, 0.3) is 21.3 Å². The number of hydrogen-bond acceptors (Lipinski definition) is 6. The molecule has 0 saturated heterocycles. The van der Waals surface area contributed by atoms with Gasteiger partial charge in [-0.15, -0.1) is 11.3 Å². The lowest BCUT2D eigenvalue weighted by molar-refractivity contribution is -0.141. The molecule has 0 aliphatic rings. The van der Waals surface area contributed by atoms with E-state index in [0.717, 1.165) is 16.9 Å². The molecule has 2 aromatic heterocycles. The maximum atomic E-state index is 12.9. The molecular formula is C17H16N2O4S. The van der Waals surface area contributed by atoms with E-state index in [1.165, 1.54) is 23.0 Å². The van der Waals surface area contributed by atoms with Crippen molar-refractivity contribution in [3.8, 4) is 16.9 Å². The van der Waals surface area contributed by atoms with Crippen molar-refractivity contribution in [3.63, 3.8) is 0 Å². The second-order valence-corrected chi connectivity index (χ2v) is 6.04. The Labute approximate surface area is 142 Å². The molecule has 0 bridgehead atoms. The minimum Gasteiger partial charge on any atom is -0.497 e. The fraction of sp³-hybridized carbons (Fsp3) is 0.235. The van der Waals surface area contributed by atoms with Crippen LogP contribution in [0, 0.1) is 6.92 Å². The Balaban J connectivity index is 2.18. The average Bonchev–Trinajstić information content (AvgIpc) is 3.02. The zero-order chi connectivity index (χ0) is 17.3. The quantitative estimate of drug-likeness (QED) is 0.681. The normalized spacial score (nSPS) is 10.8. The van der Waals surface area contributed by atoms with E-state index in [1.54, 1.807) is 14.0 Å². The Kier molecular flexibility index (Phi) is 4.35. The van der Waals surface area contributed by atoms with Crippen molar-refractivity contribution in [2.24, 2.45) is 0 Å². The zero-order valence-corrected chi connectivity index (χ0v) is 14.3. The van der Waals surface area contributed by atoms with Gasteiger partial charge < -0.3 is 9.47 Å². The number of hydrogen-bond donors (Lipinski definition) is 0. The maximum absolute atomic E-state index is 12.9. The standard InChI is InChI=1S/C17H16N2O4S/c1-10-18-16-15(17(21)19(10)8-14(20)23-3)13(9-24-16)11-4-6-12(22-2)7-5-11/h4-7,9H,8H2,1-3H3. The van der Waals surface area contributed by atoms with Gasteiger partial charge in [0.15, 0.2) is 0 Å². The smallest absolute Gasteiger partial charge is 0.325 e. The third-order valence-corrected chi connectivity index (χ3v) is 4.67. The molecule has 0 N–H and O–H groups in total. The number of fused-ring (bicyclic) bond motifs is 1. The number of carbonyl (C=O) groups is 1. The fourth-order valence-corrected chi connectivity index (χ4v) is 3.47. The van der Waals surface area contributed by atoms with Crippen LogP contribution in [0.15, 0.2) is 34.4 Å². The molecule has 0 unspecified atom stereocenters. The first kappa shape index (κ1) is 16.2. The first-order valence-electron chi connectivity index (χ1n) is 7.25. The molecule has 3 aromatic rings. The molecule has 124 valence electrons. The molecule has 0 aliphatic carbocycles. The summed E-state index contributed by atoms with van der Waals surface area (Å²) in [7, 11) is 2.90. The number of aromatic nitrogens is 2. The summed E-state index contributed by atoms with van der Waals surface area (Å²) in [5, 5.41) is 2.42. The van der Waals surface area contributed by atoms with Gasteiger partial charge in [-0.25, -0.2) is 4.98 Å². The monoisotopic (exact) mass is 344 g/mol. The van der Waals surface area contributed by atoms with Gasteiger partial charge in [-0.05, 0) is 24.6 Å². The highest BCUT2D eigenvalue weighted by Gasteiger charge is 2.17. The number of carbonyl (C=O) groups excluding carboxylic acids is 1. The average molecular weight is 344 g/mol. The summed E-state index contributed by atoms with van der Waals surface area (Å²) in [5.41, 5.74) is 1.46. The first-order chi connectivity index (χ1) is 11.5. The van der Waals surface area contributed by atoms with Crippen LogP contribution in [0.5, 0.6) is 5.75 Å².